The van der Waals surface area contributed by atoms with Crippen molar-refractivity contribution in [2.45, 2.75) is 44.8 Å². The van der Waals surface area contributed by atoms with E-state index < -0.39 is 0 Å². The molecule has 2 atom stereocenters. The number of hydrogen-bond acceptors (Lipinski definition) is 4. The van der Waals surface area contributed by atoms with E-state index in [1.54, 1.807) is 0 Å². The largest absolute Gasteiger partial charge is 0.493 e. The molecule has 4 nitrogen and oxygen atoms in total. The Morgan fingerprint density at radius 1 is 1.47 bits per heavy atom. The molecule has 1 aliphatic rings. The fourth-order valence-electron chi connectivity index (χ4n) is 2.49. The van der Waals surface area contributed by atoms with Gasteiger partial charge < -0.3 is 9.47 Å². The number of nitrogens with one attached hydrogen (secondary N) is 1. The van der Waals surface area contributed by atoms with Crippen LogP contribution in [0.2, 0.25) is 0 Å². The van der Waals surface area contributed by atoms with Crippen LogP contribution in [0.15, 0.2) is 24.3 Å². The number of hydrogen-bond donors (Lipinski definition) is 2. The quantitative estimate of drug-likeness (QED) is 0.587. The van der Waals surface area contributed by atoms with Gasteiger partial charge in [0, 0.05) is 12.2 Å². The highest BCUT2D eigenvalue weighted by atomic mass is 16.5. The van der Waals surface area contributed by atoms with E-state index in [0.717, 1.165) is 50.2 Å². The summed E-state index contributed by atoms with van der Waals surface area (Å²) < 4.78 is 11.5. The standard InChI is InChI=1S/C15H24N2O2/c1-2-9-19-15-8-4-3-7-13(15)14(17-16)11-12-6-5-10-18-12/h3-4,7-8,12,14,17H,2,5-6,9-11,16H2,1H3. The number of nitrogens with two attached hydrogens (primary N) is 1. The van der Waals surface area contributed by atoms with Crippen molar-refractivity contribution < 1.29 is 9.47 Å². The van der Waals surface area contributed by atoms with Crippen molar-refractivity contribution in [3.05, 3.63) is 29.8 Å². The zero-order valence-corrected chi connectivity index (χ0v) is 11.6. The van der Waals surface area contributed by atoms with E-state index in [-0.39, 0.29) is 6.04 Å². The fourth-order valence-corrected chi connectivity index (χ4v) is 2.49. The molecule has 1 heterocycles. The molecule has 1 fully saturated rings. The van der Waals surface area contributed by atoms with Crippen LogP contribution in [0.5, 0.6) is 5.75 Å². The summed E-state index contributed by atoms with van der Waals surface area (Å²) in [5.74, 6) is 6.64. The van der Waals surface area contributed by atoms with Gasteiger partial charge in [0.1, 0.15) is 5.75 Å². The minimum absolute atomic E-state index is 0.0798. The Balaban J connectivity index is 2.07. The molecule has 0 bridgehead atoms. The zero-order valence-electron chi connectivity index (χ0n) is 11.6. The van der Waals surface area contributed by atoms with Gasteiger partial charge in [-0.05, 0) is 31.7 Å². The molecule has 0 aromatic heterocycles. The van der Waals surface area contributed by atoms with Gasteiger partial charge in [-0.2, -0.15) is 0 Å². The monoisotopic (exact) mass is 264 g/mol. The van der Waals surface area contributed by atoms with Gasteiger partial charge in [0.2, 0.25) is 0 Å². The molecular weight excluding hydrogens is 240 g/mol. The maximum atomic E-state index is 5.80. The third-order valence-electron chi connectivity index (χ3n) is 3.48. The van der Waals surface area contributed by atoms with Gasteiger partial charge in [-0.25, -0.2) is 0 Å². The number of para-hydroxylation sites is 1. The molecule has 0 amide bonds. The lowest BCUT2D eigenvalue weighted by atomic mass is 9.99. The normalized spacial score (nSPS) is 20.4. The Hall–Kier alpha value is -1.10. The SMILES string of the molecule is CCCOc1ccccc1C(CC1CCCO1)NN. The Labute approximate surface area is 115 Å². The van der Waals surface area contributed by atoms with Gasteiger partial charge in [-0.1, -0.05) is 25.1 Å². The molecule has 2 unspecified atom stereocenters. The molecule has 1 aliphatic heterocycles. The van der Waals surface area contributed by atoms with Gasteiger partial charge in [-0.3, -0.25) is 11.3 Å². The highest BCUT2D eigenvalue weighted by Gasteiger charge is 2.23. The molecule has 2 rings (SSSR count). The molecule has 1 aromatic rings. The highest BCUT2D eigenvalue weighted by Crippen LogP contribution is 2.30. The average Bonchev–Trinajstić information content (AvgIpc) is 2.96. The first-order chi connectivity index (χ1) is 9.35. The van der Waals surface area contributed by atoms with Crippen LogP contribution < -0.4 is 16.0 Å². The highest BCUT2D eigenvalue weighted by molar-refractivity contribution is 5.36. The van der Waals surface area contributed by atoms with Crippen molar-refractivity contribution in [3.63, 3.8) is 0 Å². The molecule has 19 heavy (non-hydrogen) atoms. The number of ether oxygens (including phenoxy) is 2. The van der Waals surface area contributed by atoms with Crippen molar-refractivity contribution >= 4 is 0 Å². The summed E-state index contributed by atoms with van der Waals surface area (Å²) in [5.41, 5.74) is 4.02. The maximum Gasteiger partial charge on any atom is 0.124 e. The van der Waals surface area contributed by atoms with Crippen molar-refractivity contribution in [1.29, 1.82) is 0 Å². The molecule has 0 radical (unpaired) electrons. The minimum Gasteiger partial charge on any atom is -0.493 e. The molecule has 3 N–H and O–H groups in total. The maximum absolute atomic E-state index is 5.80. The molecular formula is C15H24N2O2. The minimum atomic E-state index is 0.0798. The summed E-state index contributed by atoms with van der Waals surface area (Å²) >= 11 is 0. The van der Waals surface area contributed by atoms with Gasteiger partial charge in [0.25, 0.3) is 0 Å². The van der Waals surface area contributed by atoms with E-state index in [9.17, 15) is 0 Å². The summed E-state index contributed by atoms with van der Waals surface area (Å²) in [4.78, 5) is 0. The summed E-state index contributed by atoms with van der Waals surface area (Å²) in [6.45, 7) is 3.71. The lowest BCUT2D eigenvalue weighted by Gasteiger charge is -2.22. The van der Waals surface area contributed by atoms with Crippen LogP contribution in [-0.4, -0.2) is 19.3 Å². The first-order valence-corrected chi connectivity index (χ1v) is 7.14. The van der Waals surface area contributed by atoms with Crippen LogP contribution in [0, 0.1) is 0 Å². The van der Waals surface area contributed by atoms with Gasteiger partial charge in [0.05, 0.1) is 18.8 Å². The lowest BCUT2D eigenvalue weighted by Crippen LogP contribution is -2.31. The summed E-state index contributed by atoms with van der Waals surface area (Å²) in [5, 5.41) is 0. The second-order valence-electron chi connectivity index (χ2n) is 4.98. The first-order valence-electron chi connectivity index (χ1n) is 7.14. The summed E-state index contributed by atoms with van der Waals surface area (Å²) in [6.07, 6.45) is 4.47. The Morgan fingerprint density at radius 3 is 3.00 bits per heavy atom. The van der Waals surface area contributed by atoms with Crippen LogP contribution in [0.4, 0.5) is 0 Å². The molecule has 0 aliphatic carbocycles. The van der Waals surface area contributed by atoms with E-state index >= 15 is 0 Å². The predicted molar refractivity (Wildman–Crippen MR) is 75.9 cm³/mol. The van der Waals surface area contributed by atoms with Crippen molar-refractivity contribution in [2.24, 2.45) is 5.84 Å². The predicted octanol–water partition coefficient (Wildman–Crippen LogP) is 2.55. The smallest absolute Gasteiger partial charge is 0.124 e. The van der Waals surface area contributed by atoms with E-state index in [1.807, 2.05) is 18.2 Å². The third-order valence-corrected chi connectivity index (χ3v) is 3.48. The topological polar surface area (TPSA) is 56.5 Å². The van der Waals surface area contributed by atoms with Crippen LogP contribution >= 0.6 is 0 Å². The average molecular weight is 264 g/mol. The zero-order chi connectivity index (χ0) is 13.5. The van der Waals surface area contributed by atoms with E-state index in [0.29, 0.717) is 6.10 Å². The molecule has 106 valence electrons. The van der Waals surface area contributed by atoms with Crippen LogP contribution in [0.25, 0.3) is 0 Å². The van der Waals surface area contributed by atoms with Crippen molar-refractivity contribution in [3.8, 4) is 5.75 Å². The number of rotatable bonds is 7. The lowest BCUT2D eigenvalue weighted by molar-refractivity contribution is 0.0942. The summed E-state index contributed by atoms with van der Waals surface area (Å²) in [6, 6.07) is 8.17. The molecule has 1 aromatic carbocycles. The van der Waals surface area contributed by atoms with E-state index in [4.69, 9.17) is 15.3 Å². The van der Waals surface area contributed by atoms with Crippen LogP contribution in [-0.2, 0) is 4.74 Å². The van der Waals surface area contributed by atoms with E-state index in [2.05, 4.69) is 18.4 Å². The summed E-state index contributed by atoms with van der Waals surface area (Å²) in [7, 11) is 0. The first kappa shape index (κ1) is 14.3. The van der Waals surface area contributed by atoms with E-state index in [1.165, 1.54) is 0 Å². The molecule has 0 saturated carbocycles. The molecule has 1 saturated heterocycles. The second kappa shape index (κ2) is 7.48. The van der Waals surface area contributed by atoms with Gasteiger partial charge in [-0.15, -0.1) is 0 Å². The van der Waals surface area contributed by atoms with Gasteiger partial charge in [0.15, 0.2) is 0 Å². The molecule has 4 heteroatoms. The Morgan fingerprint density at radius 2 is 2.32 bits per heavy atom. The Bertz CT molecular complexity index is 378. The Kier molecular flexibility index (Phi) is 5.63. The van der Waals surface area contributed by atoms with Crippen molar-refractivity contribution in [1.82, 2.24) is 5.43 Å². The third kappa shape index (κ3) is 3.93. The van der Waals surface area contributed by atoms with Gasteiger partial charge >= 0.3 is 0 Å². The van der Waals surface area contributed by atoms with Crippen LogP contribution in [0.3, 0.4) is 0 Å². The molecule has 0 spiro atoms. The number of hydrazine groups is 1. The fraction of sp³-hybridized carbons (Fsp3) is 0.600. The number of benzene rings is 1. The second-order valence-corrected chi connectivity index (χ2v) is 4.98. The van der Waals surface area contributed by atoms with Crippen molar-refractivity contribution in [2.75, 3.05) is 13.2 Å². The van der Waals surface area contributed by atoms with Crippen LogP contribution in [0.1, 0.15) is 44.2 Å².